The minimum atomic E-state index is -0.934. The lowest BCUT2D eigenvalue weighted by atomic mass is 9.99. The third-order valence-corrected chi connectivity index (χ3v) is 2.57. The first kappa shape index (κ1) is 16.3. The largest absolute Gasteiger partial charge is 0.480 e. The van der Waals surface area contributed by atoms with E-state index in [0.29, 0.717) is 39.5 Å². The van der Waals surface area contributed by atoms with E-state index < -0.39 is 11.5 Å². The SMILES string of the molecule is CNC(C)(CCOCCOCCOC)C(=O)O. The number of likely N-dealkylation sites (N-methyl/N-ethyl adjacent to an activating group) is 1. The number of carboxylic acid groups (broad SMARTS) is 1. The molecule has 0 aliphatic carbocycles. The Balaban J connectivity index is 3.47. The van der Waals surface area contributed by atoms with Gasteiger partial charge in [-0.25, -0.2) is 0 Å². The number of carbonyl (C=O) groups is 1. The standard InChI is InChI=1S/C11H23NO5/c1-11(12-2,10(13)14)4-5-16-8-9-17-7-6-15-3/h12H,4-9H2,1-3H3,(H,13,14). The van der Waals surface area contributed by atoms with E-state index in [2.05, 4.69) is 5.32 Å². The van der Waals surface area contributed by atoms with Gasteiger partial charge in [-0.3, -0.25) is 4.79 Å². The molecule has 0 saturated heterocycles. The third-order valence-electron chi connectivity index (χ3n) is 2.57. The van der Waals surface area contributed by atoms with Gasteiger partial charge in [-0.1, -0.05) is 0 Å². The molecule has 1 atom stereocenters. The Morgan fingerprint density at radius 1 is 1.18 bits per heavy atom. The molecule has 0 aromatic heterocycles. The highest BCUT2D eigenvalue weighted by Gasteiger charge is 2.30. The van der Waals surface area contributed by atoms with E-state index in [9.17, 15) is 4.79 Å². The minimum absolute atomic E-state index is 0.386. The van der Waals surface area contributed by atoms with E-state index in [4.69, 9.17) is 19.3 Å². The number of hydrogen-bond acceptors (Lipinski definition) is 5. The molecule has 0 bridgehead atoms. The van der Waals surface area contributed by atoms with Gasteiger partial charge in [0.05, 0.1) is 26.4 Å². The average molecular weight is 249 g/mol. The lowest BCUT2D eigenvalue weighted by Gasteiger charge is -2.23. The molecule has 0 aliphatic heterocycles. The molecule has 0 radical (unpaired) electrons. The normalized spacial score (nSPS) is 14.5. The summed E-state index contributed by atoms with van der Waals surface area (Å²) in [6.45, 7) is 4.08. The van der Waals surface area contributed by atoms with E-state index >= 15 is 0 Å². The molecule has 2 N–H and O–H groups in total. The molecule has 0 spiro atoms. The van der Waals surface area contributed by atoms with Gasteiger partial charge in [0.2, 0.25) is 0 Å². The predicted octanol–water partition coefficient (Wildman–Crippen LogP) is 0.119. The van der Waals surface area contributed by atoms with Crippen LogP contribution in [0.2, 0.25) is 0 Å². The number of nitrogens with one attached hydrogen (secondary N) is 1. The second-order valence-corrected chi connectivity index (χ2v) is 3.85. The monoisotopic (exact) mass is 249 g/mol. The van der Waals surface area contributed by atoms with Crippen molar-refractivity contribution in [1.29, 1.82) is 0 Å². The van der Waals surface area contributed by atoms with E-state index in [1.807, 2.05) is 0 Å². The zero-order chi connectivity index (χ0) is 13.1. The summed E-state index contributed by atoms with van der Waals surface area (Å²) < 4.78 is 15.3. The summed E-state index contributed by atoms with van der Waals surface area (Å²) in [5.41, 5.74) is -0.934. The fourth-order valence-electron chi connectivity index (χ4n) is 1.08. The van der Waals surface area contributed by atoms with Crippen molar-refractivity contribution in [2.24, 2.45) is 0 Å². The maximum absolute atomic E-state index is 10.9. The molecule has 0 rings (SSSR count). The van der Waals surface area contributed by atoms with Gasteiger partial charge >= 0.3 is 5.97 Å². The van der Waals surface area contributed by atoms with Gasteiger partial charge in [0.25, 0.3) is 0 Å². The summed E-state index contributed by atoms with van der Waals surface area (Å²) >= 11 is 0. The average Bonchev–Trinajstić information content (AvgIpc) is 2.32. The van der Waals surface area contributed by atoms with Gasteiger partial charge in [-0.15, -0.1) is 0 Å². The van der Waals surface area contributed by atoms with Crippen molar-refractivity contribution in [3.8, 4) is 0 Å². The van der Waals surface area contributed by atoms with Crippen LogP contribution in [0.3, 0.4) is 0 Å². The maximum Gasteiger partial charge on any atom is 0.323 e. The van der Waals surface area contributed by atoms with Crippen molar-refractivity contribution in [2.75, 3.05) is 47.2 Å². The molecule has 0 aromatic rings. The second-order valence-electron chi connectivity index (χ2n) is 3.85. The number of methoxy groups -OCH3 is 1. The Bertz CT molecular complexity index is 212. The fourth-order valence-corrected chi connectivity index (χ4v) is 1.08. The molecule has 6 heteroatoms. The molecular weight excluding hydrogens is 226 g/mol. The number of hydrogen-bond donors (Lipinski definition) is 2. The lowest BCUT2D eigenvalue weighted by Crippen LogP contribution is -2.48. The van der Waals surface area contributed by atoms with Crippen molar-refractivity contribution in [3.05, 3.63) is 0 Å². The molecule has 1 unspecified atom stereocenters. The van der Waals surface area contributed by atoms with E-state index in [-0.39, 0.29) is 0 Å². The van der Waals surface area contributed by atoms with Crippen LogP contribution in [0, 0.1) is 0 Å². The summed E-state index contributed by atoms with van der Waals surface area (Å²) in [5.74, 6) is -0.875. The van der Waals surface area contributed by atoms with Gasteiger partial charge in [-0.05, 0) is 20.4 Å². The van der Waals surface area contributed by atoms with Crippen LogP contribution in [0.15, 0.2) is 0 Å². The van der Waals surface area contributed by atoms with Crippen molar-refractivity contribution in [2.45, 2.75) is 18.9 Å². The summed E-state index contributed by atoms with van der Waals surface area (Å²) in [7, 11) is 3.24. The summed E-state index contributed by atoms with van der Waals surface area (Å²) in [6.07, 6.45) is 0.414. The van der Waals surface area contributed by atoms with Crippen LogP contribution in [0.1, 0.15) is 13.3 Å². The highest BCUT2D eigenvalue weighted by molar-refractivity contribution is 5.78. The van der Waals surface area contributed by atoms with Gasteiger partial charge in [0.15, 0.2) is 0 Å². The highest BCUT2D eigenvalue weighted by Crippen LogP contribution is 2.08. The van der Waals surface area contributed by atoms with Crippen molar-refractivity contribution in [1.82, 2.24) is 5.32 Å². The first-order valence-electron chi connectivity index (χ1n) is 5.63. The van der Waals surface area contributed by atoms with Crippen LogP contribution in [0.5, 0.6) is 0 Å². The summed E-state index contributed by atoms with van der Waals surface area (Å²) in [6, 6.07) is 0. The van der Waals surface area contributed by atoms with Crippen LogP contribution in [-0.2, 0) is 19.0 Å². The number of ether oxygens (including phenoxy) is 3. The van der Waals surface area contributed by atoms with Gasteiger partial charge < -0.3 is 24.6 Å². The molecule has 17 heavy (non-hydrogen) atoms. The van der Waals surface area contributed by atoms with E-state index in [0.717, 1.165) is 0 Å². The topological polar surface area (TPSA) is 77.0 Å². The Hall–Kier alpha value is -0.690. The van der Waals surface area contributed by atoms with Crippen LogP contribution in [0.25, 0.3) is 0 Å². The fraction of sp³-hybridized carbons (Fsp3) is 0.909. The smallest absolute Gasteiger partial charge is 0.323 e. The van der Waals surface area contributed by atoms with Gasteiger partial charge in [0.1, 0.15) is 5.54 Å². The quantitative estimate of drug-likeness (QED) is 0.506. The number of carboxylic acids is 1. The molecule has 0 fully saturated rings. The van der Waals surface area contributed by atoms with Crippen LogP contribution in [0.4, 0.5) is 0 Å². The predicted molar refractivity (Wildman–Crippen MR) is 63.2 cm³/mol. The van der Waals surface area contributed by atoms with Crippen LogP contribution < -0.4 is 5.32 Å². The van der Waals surface area contributed by atoms with Gasteiger partial charge in [-0.2, -0.15) is 0 Å². The zero-order valence-corrected chi connectivity index (χ0v) is 10.8. The number of rotatable bonds is 11. The van der Waals surface area contributed by atoms with Crippen molar-refractivity contribution in [3.63, 3.8) is 0 Å². The lowest BCUT2D eigenvalue weighted by molar-refractivity contribution is -0.144. The zero-order valence-electron chi connectivity index (χ0n) is 10.8. The summed E-state index contributed by atoms with van der Waals surface area (Å²) in [4.78, 5) is 10.9. The molecule has 0 aromatic carbocycles. The van der Waals surface area contributed by atoms with Crippen molar-refractivity contribution >= 4 is 5.97 Å². The third kappa shape index (κ3) is 7.27. The minimum Gasteiger partial charge on any atom is -0.480 e. The molecule has 102 valence electrons. The molecule has 0 amide bonds. The van der Waals surface area contributed by atoms with E-state index in [1.165, 1.54) is 0 Å². The van der Waals surface area contributed by atoms with Crippen molar-refractivity contribution < 1.29 is 24.1 Å². The second kappa shape index (κ2) is 9.35. The molecular formula is C11H23NO5. The van der Waals surface area contributed by atoms with Crippen LogP contribution >= 0.6 is 0 Å². The Labute approximate surface area is 102 Å². The summed E-state index contributed by atoms with van der Waals surface area (Å²) in [5, 5.41) is 11.7. The molecule has 0 heterocycles. The Morgan fingerprint density at radius 2 is 1.71 bits per heavy atom. The maximum atomic E-state index is 10.9. The van der Waals surface area contributed by atoms with Crippen LogP contribution in [-0.4, -0.2) is 63.8 Å². The number of aliphatic carboxylic acids is 1. The van der Waals surface area contributed by atoms with Gasteiger partial charge in [0, 0.05) is 13.7 Å². The molecule has 0 saturated carbocycles. The Kier molecular flexibility index (Phi) is 8.97. The molecule has 6 nitrogen and oxygen atoms in total. The first-order chi connectivity index (χ1) is 8.06. The van der Waals surface area contributed by atoms with E-state index in [1.54, 1.807) is 21.1 Å². The molecule has 0 aliphatic rings. The first-order valence-corrected chi connectivity index (χ1v) is 5.63. The highest BCUT2D eigenvalue weighted by atomic mass is 16.5. The Morgan fingerprint density at radius 3 is 2.18 bits per heavy atom.